The number of hydrogen-bond acceptors (Lipinski definition) is 4. The van der Waals surface area contributed by atoms with E-state index in [2.05, 4.69) is 11.4 Å². The molecule has 1 fully saturated rings. The number of ether oxygens (including phenoxy) is 1. The molecule has 24 heavy (non-hydrogen) atoms. The van der Waals surface area contributed by atoms with Crippen molar-refractivity contribution >= 4 is 11.8 Å². The second-order valence-corrected chi connectivity index (χ2v) is 6.46. The molecule has 130 valence electrons. The number of furan rings is 1. The number of hydrogen-bond donors (Lipinski definition) is 1. The molecule has 1 N–H and O–H groups in total. The van der Waals surface area contributed by atoms with Crippen molar-refractivity contribution in [2.45, 2.75) is 32.1 Å². The fourth-order valence-corrected chi connectivity index (χ4v) is 3.73. The number of fused-ring (bicyclic) bond motifs is 1. The van der Waals surface area contributed by atoms with Crippen LogP contribution < -0.4 is 5.32 Å². The summed E-state index contributed by atoms with van der Waals surface area (Å²) in [6, 6.07) is 3.35. The minimum absolute atomic E-state index is 0.146. The van der Waals surface area contributed by atoms with Crippen molar-refractivity contribution in [1.29, 1.82) is 0 Å². The Bertz CT molecular complexity index is 623. The van der Waals surface area contributed by atoms with Crippen LogP contribution in [0.4, 0.5) is 0 Å². The van der Waals surface area contributed by atoms with E-state index in [0.717, 1.165) is 31.4 Å². The van der Waals surface area contributed by atoms with Crippen molar-refractivity contribution in [2.24, 2.45) is 5.41 Å². The first-order chi connectivity index (χ1) is 11.7. The normalized spacial score (nSPS) is 23.6. The number of rotatable bonds is 6. The van der Waals surface area contributed by atoms with Gasteiger partial charge < -0.3 is 19.4 Å². The first-order valence-electron chi connectivity index (χ1n) is 8.48. The molecule has 1 atom stereocenters. The molecule has 1 aliphatic carbocycles. The zero-order chi connectivity index (χ0) is 17.0. The van der Waals surface area contributed by atoms with Gasteiger partial charge in [0.2, 0.25) is 5.91 Å². The molecule has 2 heterocycles. The first-order valence-corrected chi connectivity index (χ1v) is 8.48. The lowest BCUT2D eigenvalue weighted by molar-refractivity contribution is -0.134. The molecule has 6 nitrogen and oxygen atoms in total. The van der Waals surface area contributed by atoms with Crippen LogP contribution in [0.15, 0.2) is 34.6 Å². The minimum atomic E-state index is -0.209. The smallest absolute Gasteiger partial charge is 0.287 e. The van der Waals surface area contributed by atoms with Crippen molar-refractivity contribution in [3.05, 3.63) is 35.9 Å². The Balaban J connectivity index is 1.75. The number of carbonyl (C=O) groups is 2. The van der Waals surface area contributed by atoms with Gasteiger partial charge in [0.25, 0.3) is 5.91 Å². The van der Waals surface area contributed by atoms with Gasteiger partial charge in [-0.05, 0) is 37.8 Å². The van der Waals surface area contributed by atoms with Crippen molar-refractivity contribution in [2.75, 3.05) is 26.8 Å². The maximum Gasteiger partial charge on any atom is 0.287 e. The maximum atomic E-state index is 12.3. The van der Waals surface area contributed by atoms with Gasteiger partial charge in [0, 0.05) is 37.7 Å². The Kier molecular flexibility index (Phi) is 5.04. The van der Waals surface area contributed by atoms with Gasteiger partial charge in [-0.1, -0.05) is 6.08 Å². The predicted molar refractivity (Wildman–Crippen MR) is 88.2 cm³/mol. The van der Waals surface area contributed by atoms with Crippen molar-refractivity contribution < 1.29 is 18.7 Å². The Morgan fingerprint density at radius 2 is 2.33 bits per heavy atom. The lowest BCUT2D eigenvalue weighted by Crippen LogP contribution is -2.51. The molecule has 0 bridgehead atoms. The van der Waals surface area contributed by atoms with E-state index in [1.165, 1.54) is 6.26 Å². The van der Waals surface area contributed by atoms with Crippen LogP contribution in [0.1, 0.15) is 42.7 Å². The summed E-state index contributed by atoms with van der Waals surface area (Å²) in [4.78, 5) is 26.4. The lowest BCUT2D eigenvalue weighted by Gasteiger charge is -2.47. The molecule has 0 saturated carbocycles. The SMILES string of the molecule is COCCN1C(=O)CCC2(CNC(=O)c3ccco3)CCCC=C12. The second kappa shape index (κ2) is 7.21. The number of piperidine rings is 1. The van der Waals surface area contributed by atoms with Gasteiger partial charge in [0.15, 0.2) is 5.76 Å². The molecule has 1 aromatic rings. The second-order valence-electron chi connectivity index (χ2n) is 6.46. The fraction of sp³-hybridized carbons (Fsp3) is 0.556. The maximum absolute atomic E-state index is 12.3. The van der Waals surface area contributed by atoms with Gasteiger partial charge in [-0.3, -0.25) is 9.59 Å². The summed E-state index contributed by atoms with van der Waals surface area (Å²) in [5.74, 6) is 0.253. The Morgan fingerprint density at radius 1 is 1.46 bits per heavy atom. The summed E-state index contributed by atoms with van der Waals surface area (Å²) < 4.78 is 10.3. The van der Waals surface area contributed by atoms with Crippen LogP contribution in [0.5, 0.6) is 0 Å². The molecule has 1 unspecified atom stereocenters. The van der Waals surface area contributed by atoms with Crippen LogP contribution >= 0.6 is 0 Å². The van der Waals surface area contributed by atoms with Gasteiger partial charge in [-0.2, -0.15) is 0 Å². The van der Waals surface area contributed by atoms with Crippen LogP contribution in [0.3, 0.4) is 0 Å². The highest BCUT2D eigenvalue weighted by atomic mass is 16.5. The van der Waals surface area contributed by atoms with Crippen molar-refractivity contribution in [3.63, 3.8) is 0 Å². The molecule has 3 rings (SSSR count). The molecular weight excluding hydrogens is 308 g/mol. The summed E-state index contributed by atoms with van der Waals surface area (Å²) in [6.45, 7) is 1.60. The minimum Gasteiger partial charge on any atom is -0.459 e. The van der Waals surface area contributed by atoms with Gasteiger partial charge in [0.1, 0.15) is 0 Å². The van der Waals surface area contributed by atoms with Gasteiger partial charge >= 0.3 is 0 Å². The third-order valence-electron chi connectivity index (χ3n) is 5.00. The summed E-state index contributed by atoms with van der Waals surface area (Å²) in [5.41, 5.74) is 0.893. The molecule has 1 aliphatic heterocycles. The third-order valence-corrected chi connectivity index (χ3v) is 5.00. The number of amides is 2. The zero-order valence-corrected chi connectivity index (χ0v) is 14.0. The zero-order valence-electron chi connectivity index (χ0n) is 14.0. The van der Waals surface area contributed by atoms with Gasteiger partial charge in [0.05, 0.1) is 12.9 Å². The van der Waals surface area contributed by atoms with E-state index in [1.807, 2.05) is 4.90 Å². The van der Waals surface area contributed by atoms with Crippen molar-refractivity contribution in [1.82, 2.24) is 10.2 Å². The molecule has 2 aliphatic rings. The van der Waals surface area contributed by atoms with Gasteiger partial charge in [-0.15, -0.1) is 0 Å². The average molecular weight is 332 g/mol. The third kappa shape index (κ3) is 3.24. The highest BCUT2D eigenvalue weighted by Gasteiger charge is 2.44. The Labute approximate surface area is 141 Å². The van der Waals surface area contributed by atoms with Crippen LogP contribution in [0.2, 0.25) is 0 Å². The largest absolute Gasteiger partial charge is 0.459 e. The molecule has 0 spiro atoms. The number of likely N-dealkylation sites (tertiary alicyclic amines) is 1. The van der Waals surface area contributed by atoms with Crippen LogP contribution in [-0.2, 0) is 9.53 Å². The first kappa shape index (κ1) is 16.8. The molecular formula is C18H24N2O4. The average Bonchev–Trinajstić information content (AvgIpc) is 3.14. The lowest BCUT2D eigenvalue weighted by atomic mass is 9.69. The highest BCUT2D eigenvalue weighted by molar-refractivity contribution is 5.91. The molecule has 1 saturated heterocycles. The Morgan fingerprint density at radius 3 is 3.08 bits per heavy atom. The standard InChI is InChI=1S/C18H24N2O4/c1-23-12-10-20-15-6-2-3-8-18(15,9-7-16(20)21)13-19-17(22)14-5-4-11-24-14/h4-6,11H,2-3,7-10,12-13H2,1H3,(H,19,22). The number of nitrogens with one attached hydrogen (secondary N) is 1. The van der Waals surface area contributed by atoms with Crippen LogP contribution in [0.25, 0.3) is 0 Å². The summed E-state index contributed by atoms with van der Waals surface area (Å²) in [6.07, 6.45) is 7.97. The van der Waals surface area contributed by atoms with E-state index < -0.39 is 0 Å². The van der Waals surface area contributed by atoms with E-state index >= 15 is 0 Å². The fourth-order valence-electron chi connectivity index (χ4n) is 3.73. The van der Waals surface area contributed by atoms with E-state index in [9.17, 15) is 9.59 Å². The van der Waals surface area contributed by atoms with Crippen molar-refractivity contribution in [3.8, 4) is 0 Å². The topological polar surface area (TPSA) is 71.8 Å². The summed E-state index contributed by atoms with van der Waals surface area (Å²) >= 11 is 0. The van der Waals surface area contributed by atoms with Crippen LogP contribution in [0, 0.1) is 5.41 Å². The molecule has 0 radical (unpaired) electrons. The summed E-state index contributed by atoms with van der Waals surface area (Å²) in [5, 5.41) is 2.99. The Hall–Kier alpha value is -2.08. The number of nitrogens with zero attached hydrogens (tertiary/aromatic N) is 1. The van der Waals surface area contributed by atoms with E-state index in [-0.39, 0.29) is 17.2 Å². The number of carbonyl (C=O) groups excluding carboxylic acids is 2. The molecule has 1 aromatic heterocycles. The molecule has 6 heteroatoms. The van der Waals surface area contributed by atoms with Crippen LogP contribution in [-0.4, -0.2) is 43.5 Å². The van der Waals surface area contributed by atoms with E-state index in [4.69, 9.17) is 9.15 Å². The quantitative estimate of drug-likeness (QED) is 0.868. The van der Waals surface area contributed by atoms with E-state index in [0.29, 0.717) is 31.9 Å². The van der Waals surface area contributed by atoms with Gasteiger partial charge in [-0.25, -0.2) is 0 Å². The monoisotopic (exact) mass is 332 g/mol. The predicted octanol–water partition coefficient (Wildman–Crippen LogP) is 2.33. The van der Waals surface area contributed by atoms with E-state index in [1.54, 1.807) is 19.2 Å². The number of methoxy groups -OCH3 is 1. The molecule has 2 amide bonds. The highest BCUT2D eigenvalue weighted by Crippen LogP contribution is 2.46. The summed E-state index contributed by atoms with van der Waals surface area (Å²) in [7, 11) is 1.64. The molecule has 0 aromatic carbocycles. The number of allylic oxidation sites excluding steroid dienone is 1.